The van der Waals surface area contributed by atoms with Crippen molar-refractivity contribution in [3.05, 3.63) is 65.2 Å². The third kappa shape index (κ3) is 5.60. The lowest BCUT2D eigenvalue weighted by atomic mass is 10.1. The van der Waals surface area contributed by atoms with Crippen LogP contribution in [0.3, 0.4) is 0 Å². The summed E-state index contributed by atoms with van der Waals surface area (Å²) in [7, 11) is 0. The van der Waals surface area contributed by atoms with E-state index in [2.05, 4.69) is 34.5 Å². The summed E-state index contributed by atoms with van der Waals surface area (Å²) in [4.78, 5) is 14.6. The fourth-order valence-electron chi connectivity index (χ4n) is 3.33. The minimum atomic E-state index is -0.102. The van der Waals surface area contributed by atoms with Crippen molar-refractivity contribution in [1.29, 1.82) is 0 Å². The van der Waals surface area contributed by atoms with Crippen molar-refractivity contribution in [3.8, 4) is 5.75 Å². The first-order valence-electron chi connectivity index (χ1n) is 9.46. The molecular weight excluding hydrogens is 324 g/mol. The molecular formula is C22H28N2O2. The van der Waals surface area contributed by atoms with Crippen LogP contribution in [0.15, 0.2) is 48.5 Å². The van der Waals surface area contributed by atoms with E-state index in [1.54, 1.807) is 0 Å². The molecule has 1 heterocycles. The van der Waals surface area contributed by atoms with Crippen molar-refractivity contribution < 1.29 is 9.53 Å². The Balaban J connectivity index is 1.45. The average molecular weight is 352 g/mol. The van der Waals surface area contributed by atoms with E-state index in [4.69, 9.17) is 4.74 Å². The second kappa shape index (κ2) is 9.39. The zero-order valence-electron chi connectivity index (χ0n) is 15.5. The summed E-state index contributed by atoms with van der Waals surface area (Å²) in [5.41, 5.74) is 3.48. The van der Waals surface area contributed by atoms with Gasteiger partial charge in [0.2, 0.25) is 0 Å². The molecule has 26 heavy (non-hydrogen) atoms. The van der Waals surface area contributed by atoms with Crippen molar-refractivity contribution in [2.24, 2.45) is 0 Å². The first kappa shape index (κ1) is 18.5. The predicted octanol–water partition coefficient (Wildman–Crippen LogP) is 3.68. The Labute approximate surface area is 156 Å². The highest BCUT2D eigenvalue weighted by atomic mass is 16.5. The number of hydrogen-bond donors (Lipinski definition) is 1. The van der Waals surface area contributed by atoms with Crippen molar-refractivity contribution in [2.45, 2.75) is 39.3 Å². The number of hydrogen-bond acceptors (Lipinski definition) is 3. The van der Waals surface area contributed by atoms with Gasteiger partial charge in [-0.15, -0.1) is 0 Å². The summed E-state index contributed by atoms with van der Waals surface area (Å²) < 4.78 is 5.59. The van der Waals surface area contributed by atoms with Crippen LogP contribution in [-0.2, 0) is 17.9 Å². The Hall–Kier alpha value is -2.33. The molecule has 1 saturated heterocycles. The monoisotopic (exact) mass is 352 g/mol. The minimum absolute atomic E-state index is 0.0400. The summed E-state index contributed by atoms with van der Waals surface area (Å²) in [5.74, 6) is 0.654. The van der Waals surface area contributed by atoms with Crippen LogP contribution in [0.25, 0.3) is 0 Å². The summed E-state index contributed by atoms with van der Waals surface area (Å²) >= 11 is 0. The maximum atomic E-state index is 12.1. The SMILES string of the molecule is Cc1ccccc1OCC(=O)NCc1cccc(CN2CCCCC2)c1. The van der Waals surface area contributed by atoms with Gasteiger partial charge < -0.3 is 10.1 Å². The maximum Gasteiger partial charge on any atom is 0.258 e. The molecule has 0 bridgehead atoms. The van der Waals surface area contributed by atoms with Crippen LogP contribution < -0.4 is 10.1 Å². The van der Waals surface area contributed by atoms with Gasteiger partial charge in [0.1, 0.15) is 5.75 Å². The summed E-state index contributed by atoms with van der Waals surface area (Å²) in [6.45, 7) is 5.93. The number of para-hydroxylation sites is 1. The van der Waals surface area contributed by atoms with Gasteiger partial charge in [0, 0.05) is 13.1 Å². The van der Waals surface area contributed by atoms with E-state index in [-0.39, 0.29) is 12.5 Å². The number of ether oxygens (including phenoxy) is 1. The van der Waals surface area contributed by atoms with Crippen LogP contribution in [0.2, 0.25) is 0 Å². The molecule has 1 fully saturated rings. The first-order valence-corrected chi connectivity index (χ1v) is 9.46. The van der Waals surface area contributed by atoms with Gasteiger partial charge in [-0.25, -0.2) is 0 Å². The lowest BCUT2D eigenvalue weighted by molar-refractivity contribution is -0.123. The number of piperidine rings is 1. The van der Waals surface area contributed by atoms with Gasteiger partial charge in [-0.2, -0.15) is 0 Å². The molecule has 4 nitrogen and oxygen atoms in total. The first-order chi connectivity index (χ1) is 12.7. The molecule has 2 aromatic carbocycles. The molecule has 1 N–H and O–H groups in total. The molecule has 0 spiro atoms. The minimum Gasteiger partial charge on any atom is -0.484 e. The molecule has 0 aliphatic carbocycles. The average Bonchev–Trinajstić information content (AvgIpc) is 2.67. The molecule has 2 aromatic rings. The zero-order valence-corrected chi connectivity index (χ0v) is 15.5. The van der Waals surface area contributed by atoms with Gasteiger partial charge in [0.05, 0.1) is 0 Å². The zero-order chi connectivity index (χ0) is 18.2. The van der Waals surface area contributed by atoms with E-state index in [0.29, 0.717) is 6.54 Å². The maximum absolute atomic E-state index is 12.1. The Morgan fingerprint density at radius 2 is 1.81 bits per heavy atom. The number of amides is 1. The van der Waals surface area contributed by atoms with E-state index in [1.807, 2.05) is 31.2 Å². The predicted molar refractivity (Wildman–Crippen MR) is 104 cm³/mol. The second-order valence-electron chi connectivity index (χ2n) is 6.99. The molecule has 1 aliphatic heterocycles. The number of benzene rings is 2. The second-order valence-corrected chi connectivity index (χ2v) is 6.99. The smallest absolute Gasteiger partial charge is 0.258 e. The molecule has 3 rings (SSSR count). The van der Waals surface area contributed by atoms with Gasteiger partial charge in [0.15, 0.2) is 6.61 Å². The summed E-state index contributed by atoms with van der Waals surface area (Å²) in [6, 6.07) is 16.2. The van der Waals surface area contributed by atoms with E-state index in [1.165, 1.54) is 37.9 Å². The fraction of sp³-hybridized carbons (Fsp3) is 0.409. The van der Waals surface area contributed by atoms with E-state index < -0.39 is 0 Å². The highest BCUT2D eigenvalue weighted by Gasteiger charge is 2.11. The van der Waals surface area contributed by atoms with Crippen LogP contribution in [0.1, 0.15) is 36.0 Å². The van der Waals surface area contributed by atoms with Gasteiger partial charge in [-0.1, -0.05) is 48.9 Å². The topological polar surface area (TPSA) is 41.6 Å². The number of carbonyl (C=O) groups excluding carboxylic acids is 1. The fourth-order valence-corrected chi connectivity index (χ4v) is 3.33. The van der Waals surface area contributed by atoms with Gasteiger partial charge in [-0.3, -0.25) is 9.69 Å². The number of rotatable bonds is 7. The lowest BCUT2D eigenvalue weighted by Crippen LogP contribution is -2.29. The molecule has 138 valence electrons. The van der Waals surface area contributed by atoms with Crippen LogP contribution in [0.5, 0.6) is 5.75 Å². The largest absolute Gasteiger partial charge is 0.484 e. The molecule has 0 unspecified atom stereocenters. The van der Waals surface area contributed by atoms with Crippen LogP contribution in [0.4, 0.5) is 0 Å². The molecule has 0 saturated carbocycles. The van der Waals surface area contributed by atoms with Crippen LogP contribution in [-0.4, -0.2) is 30.5 Å². The van der Waals surface area contributed by atoms with E-state index in [9.17, 15) is 4.79 Å². The van der Waals surface area contributed by atoms with Gasteiger partial charge in [-0.05, 0) is 55.6 Å². The normalized spacial score (nSPS) is 14.8. The van der Waals surface area contributed by atoms with Crippen molar-refractivity contribution in [2.75, 3.05) is 19.7 Å². The Bertz CT molecular complexity index is 724. The van der Waals surface area contributed by atoms with E-state index in [0.717, 1.165) is 23.4 Å². The highest BCUT2D eigenvalue weighted by Crippen LogP contribution is 2.16. The van der Waals surface area contributed by atoms with E-state index >= 15 is 0 Å². The van der Waals surface area contributed by atoms with Gasteiger partial charge in [0.25, 0.3) is 5.91 Å². The van der Waals surface area contributed by atoms with Crippen molar-refractivity contribution >= 4 is 5.91 Å². The molecule has 0 aromatic heterocycles. The third-order valence-electron chi connectivity index (χ3n) is 4.79. The molecule has 1 aliphatic rings. The summed E-state index contributed by atoms with van der Waals surface area (Å²) in [5, 5.41) is 2.94. The van der Waals surface area contributed by atoms with Gasteiger partial charge >= 0.3 is 0 Å². The Kier molecular flexibility index (Phi) is 6.67. The Morgan fingerprint density at radius 1 is 1.04 bits per heavy atom. The number of likely N-dealkylation sites (tertiary alicyclic amines) is 1. The highest BCUT2D eigenvalue weighted by molar-refractivity contribution is 5.77. The van der Waals surface area contributed by atoms with Crippen molar-refractivity contribution in [1.82, 2.24) is 10.2 Å². The Morgan fingerprint density at radius 3 is 2.62 bits per heavy atom. The molecule has 1 amide bonds. The number of nitrogens with one attached hydrogen (secondary N) is 1. The number of carbonyl (C=O) groups is 1. The summed E-state index contributed by atoms with van der Waals surface area (Å²) in [6.07, 6.45) is 3.96. The third-order valence-corrected chi connectivity index (χ3v) is 4.79. The molecule has 0 atom stereocenters. The lowest BCUT2D eigenvalue weighted by Gasteiger charge is -2.26. The molecule has 0 radical (unpaired) electrons. The number of nitrogens with zero attached hydrogens (tertiary/aromatic N) is 1. The van der Waals surface area contributed by atoms with Crippen LogP contribution >= 0.6 is 0 Å². The van der Waals surface area contributed by atoms with Crippen LogP contribution in [0, 0.1) is 6.92 Å². The number of aryl methyl sites for hydroxylation is 1. The van der Waals surface area contributed by atoms with Crippen molar-refractivity contribution in [3.63, 3.8) is 0 Å². The standard InChI is InChI=1S/C22H28N2O2/c1-18-8-3-4-11-21(18)26-17-22(25)23-15-19-9-7-10-20(14-19)16-24-12-5-2-6-13-24/h3-4,7-11,14H,2,5-6,12-13,15-17H2,1H3,(H,23,25). The quantitative estimate of drug-likeness (QED) is 0.826. The molecule has 4 heteroatoms.